The molecule has 0 atom stereocenters. The van der Waals surface area contributed by atoms with Gasteiger partial charge in [0.15, 0.2) is 0 Å². The topological polar surface area (TPSA) is 75.7 Å². The number of rotatable bonds is 5. The molecule has 0 aliphatic carbocycles. The third kappa shape index (κ3) is 3.26. The maximum atomic E-state index is 13.1. The van der Waals surface area contributed by atoms with Crippen LogP contribution in [0.25, 0.3) is 0 Å². The van der Waals surface area contributed by atoms with Gasteiger partial charge in [0.05, 0.1) is 11.4 Å². The van der Waals surface area contributed by atoms with E-state index in [4.69, 9.17) is 4.74 Å². The molecule has 20 heavy (non-hydrogen) atoms. The minimum Gasteiger partial charge on any atom is -0.448 e. The number of sulfonamides is 1. The Balaban J connectivity index is 1.96. The van der Waals surface area contributed by atoms with E-state index >= 15 is 0 Å². The Morgan fingerprint density at radius 3 is 2.80 bits per heavy atom. The summed E-state index contributed by atoms with van der Waals surface area (Å²) >= 11 is 0. The molecule has 1 fully saturated rings. The maximum Gasteiger partial charge on any atom is 0.409 e. The molecule has 1 heterocycles. The van der Waals surface area contributed by atoms with Crippen molar-refractivity contribution in [2.75, 3.05) is 26.2 Å². The highest BCUT2D eigenvalue weighted by atomic mass is 32.2. The number of benzene rings is 1. The smallest absolute Gasteiger partial charge is 0.409 e. The summed E-state index contributed by atoms with van der Waals surface area (Å²) in [4.78, 5) is 12.6. The van der Waals surface area contributed by atoms with Gasteiger partial charge in [-0.25, -0.2) is 22.3 Å². The molecule has 1 amide bonds. The summed E-state index contributed by atoms with van der Waals surface area (Å²) in [6, 6.07) is 3.58. The molecule has 0 radical (unpaired) electrons. The second-order valence-electron chi connectivity index (χ2n) is 4.41. The first kappa shape index (κ1) is 14.7. The molecule has 110 valence electrons. The molecule has 0 bridgehead atoms. The molecule has 1 aromatic rings. The van der Waals surface area contributed by atoms with Crippen LogP contribution in [0.4, 0.5) is 9.18 Å². The number of cyclic esters (lactones) is 1. The van der Waals surface area contributed by atoms with Gasteiger partial charge in [-0.1, -0.05) is 0 Å². The summed E-state index contributed by atoms with van der Waals surface area (Å²) < 4.78 is 44.2. The van der Waals surface area contributed by atoms with Crippen molar-refractivity contribution in [2.45, 2.75) is 11.8 Å². The summed E-state index contributed by atoms with van der Waals surface area (Å²) in [5.41, 5.74) is 0.260. The SMILES string of the molecule is Cc1cc(S(=O)(=O)NCCN2CCOC2=O)ccc1F. The fourth-order valence-electron chi connectivity index (χ4n) is 1.81. The number of ether oxygens (including phenoxy) is 1. The molecule has 1 N–H and O–H groups in total. The molecule has 1 saturated heterocycles. The molecular weight excluding hydrogens is 287 g/mol. The molecule has 6 nitrogen and oxygen atoms in total. The second-order valence-corrected chi connectivity index (χ2v) is 6.18. The van der Waals surface area contributed by atoms with Crippen molar-refractivity contribution in [2.24, 2.45) is 0 Å². The van der Waals surface area contributed by atoms with E-state index in [1.807, 2.05) is 0 Å². The predicted octanol–water partition coefficient (Wildman–Crippen LogP) is 0.865. The number of aryl methyl sites for hydroxylation is 1. The van der Waals surface area contributed by atoms with E-state index in [1.165, 1.54) is 24.0 Å². The zero-order chi connectivity index (χ0) is 14.8. The van der Waals surface area contributed by atoms with Crippen molar-refractivity contribution in [1.29, 1.82) is 0 Å². The Hall–Kier alpha value is -1.67. The van der Waals surface area contributed by atoms with Crippen molar-refractivity contribution in [3.05, 3.63) is 29.6 Å². The zero-order valence-corrected chi connectivity index (χ0v) is 11.7. The normalized spacial score (nSPS) is 15.5. The van der Waals surface area contributed by atoms with Gasteiger partial charge in [0.1, 0.15) is 12.4 Å². The average Bonchev–Trinajstić information content (AvgIpc) is 2.78. The molecule has 1 aliphatic heterocycles. The number of carbonyl (C=O) groups excluding carboxylic acids is 1. The largest absolute Gasteiger partial charge is 0.448 e. The van der Waals surface area contributed by atoms with Gasteiger partial charge >= 0.3 is 6.09 Å². The summed E-state index contributed by atoms with van der Waals surface area (Å²) in [5.74, 6) is -0.455. The average molecular weight is 302 g/mol. The summed E-state index contributed by atoms with van der Waals surface area (Å²) in [6.45, 7) is 2.58. The summed E-state index contributed by atoms with van der Waals surface area (Å²) in [6.07, 6.45) is -0.443. The Morgan fingerprint density at radius 1 is 1.45 bits per heavy atom. The molecule has 0 unspecified atom stereocenters. The van der Waals surface area contributed by atoms with Crippen LogP contribution in [0.1, 0.15) is 5.56 Å². The number of nitrogens with zero attached hydrogens (tertiary/aromatic N) is 1. The van der Waals surface area contributed by atoms with Gasteiger partial charge in [0.25, 0.3) is 0 Å². The highest BCUT2D eigenvalue weighted by molar-refractivity contribution is 7.89. The highest BCUT2D eigenvalue weighted by Crippen LogP contribution is 2.14. The maximum absolute atomic E-state index is 13.1. The monoisotopic (exact) mass is 302 g/mol. The van der Waals surface area contributed by atoms with Crippen molar-refractivity contribution < 1.29 is 22.3 Å². The van der Waals surface area contributed by atoms with Crippen LogP contribution in [0.3, 0.4) is 0 Å². The van der Waals surface area contributed by atoms with Gasteiger partial charge in [0, 0.05) is 13.1 Å². The van der Waals surface area contributed by atoms with Gasteiger partial charge in [-0.05, 0) is 30.7 Å². The third-order valence-electron chi connectivity index (χ3n) is 2.96. The number of nitrogens with one attached hydrogen (secondary N) is 1. The summed E-state index contributed by atoms with van der Waals surface area (Å²) in [7, 11) is -3.70. The zero-order valence-electron chi connectivity index (χ0n) is 10.9. The van der Waals surface area contributed by atoms with Crippen LogP contribution in [0.5, 0.6) is 0 Å². The molecule has 0 spiro atoms. The number of amides is 1. The van der Waals surface area contributed by atoms with Crippen LogP contribution in [0.2, 0.25) is 0 Å². The third-order valence-corrected chi connectivity index (χ3v) is 4.42. The van der Waals surface area contributed by atoms with Crippen molar-refractivity contribution >= 4 is 16.1 Å². The van der Waals surface area contributed by atoms with Crippen LogP contribution in [0.15, 0.2) is 23.1 Å². The minimum atomic E-state index is -3.70. The van der Waals surface area contributed by atoms with Crippen LogP contribution < -0.4 is 4.72 Å². The van der Waals surface area contributed by atoms with Crippen LogP contribution in [-0.2, 0) is 14.8 Å². The Bertz CT molecular complexity index is 618. The van der Waals surface area contributed by atoms with Gasteiger partial charge in [0.2, 0.25) is 10.0 Å². The molecule has 8 heteroatoms. The molecule has 1 aromatic carbocycles. The highest BCUT2D eigenvalue weighted by Gasteiger charge is 2.22. The second kappa shape index (κ2) is 5.76. The standard InChI is InChI=1S/C12H15FN2O4S/c1-9-8-10(2-3-11(9)13)20(17,18)14-4-5-15-6-7-19-12(15)16/h2-3,8,14H,4-7H2,1H3. The molecule has 1 aliphatic rings. The Morgan fingerprint density at radius 2 is 2.20 bits per heavy atom. The number of hydrogen-bond donors (Lipinski definition) is 1. The molecule has 0 aromatic heterocycles. The fraction of sp³-hybridized carbons (Fsp3) is 0.417. The van der Waals surface area contributed by atoms with E-state index in [-0.39, 0.29) is 23.5 Å². The number of halogens is 1. The lowest BCUT2D eigenvalue weighted by Gasteiger charge is -2.13. The predicted molar refractivity (Wildman–Crippen MR) is 69.2 cm³/mol. The van der Waals surface area contributed by atoms with Crippen molar-refractivity contribution in [1.82, 2.24) is 9.62 Å². The van der Waals surface area contributed by atoms with Gasteiger partial charge in [-0.2, -0.15) is 0 Å². The number of hydrogen-bond acceptors (Lipinski definition) is 4. The quantitative estimate of drug-likeness (QED) is 0.875. The lowest BCUT2D eigenvalue weighted by Crippen LogP contribution is -2.35. The van der Waals surface area contributed by atoms with Crippen molar-refractivity contribution in [3.8, 4) is 0 Å². The first-order valence-corrected chi connectivity index (χ1v) is 7.56. The minimum absolute atomic E-state index is 0.000369. The van der Waals surface area contributed by atoms with E-state index in [1.54, 1.807) is 0 Å². The van der Waals surface area contributed by atoms with E-state index in [2.05, 4.69) is 4.72 Å². The van der Waals surface area contributed by atoms with Gasteiger partial charge < -0.3 is 9.64 Å². The van der Waals surface area contributed by atoms with E-state index in [9.17, 15) is 17.6 Å². The number of carbonyl (C=O) groups is 1. The molecular formula is C12H15FN2O4S. The van der Waals surface area contributed by atoms with E-state index in [0.29, 0.717) is 13.2 Å². The molecule has 2 rings (SSSR count). The summed E-state index contributed by atoms with van der Waals surface area (Å²) in [5, 5.41) is 0. The fourth-order valence-corrected chi connectivity index (χ4v) is 2.92. The van der Waals surface area contributed by atoms with Gasteiger partial charge in [-0.3, -0.25) is 0 Å². The van der Waals surface area contributed by atoms with E-state index < -0.39 is 21.9 Å². The van der Waals surface area contributed by atoms with Crippen LogP contribution in [-0.4, -0.2) is 45.7 Å². The Labute approximate surface area is 116 Å². The first-order chi connectivity index (χ1) is 9.40. The molecule has 0 saturated carbocycles. The van der Waals surface area contributed by atoms with Crippen molar-refractivity contribution in [3.63, 3.8) is 0 Å². The van der Waals surface area contributed by atoms with Crippen LogP contribution >= 0.6 is 0 Å². The first-order valence-electron chi connectivity index (χ1n) is 6.08. The lowest BCUT2D eigenvalue weighted by molar-refractivity contribution is 0.159. The van der Waals surface area contributed by atoms with E-state index in [0.717, 1.165) is 6.07 Å². The lowest BCUT2D eigenvalue weighted by atomic mass is 10.2. The Kier molecular flexibility index (Phi) is 4.24. The van der Waals surface area contributed by atoms with Crippen LogP contribution in [0, 0.1) is 12.7 Å². The van der Waals surface area contributed by atoms with Gasteiger partial charge in [-0.15, -0.1) is 0 Å².